The van der Waals surface area contributed by atoms with E-state index in [9.17, 15) is 0 Å². The quantitative estimate of drug-likeness (QED) is 0.869. The van der Waals surface area contributed by atoms with E-state index in [0.717, 1.165) is 55.5 Å². The number of likely N-dealkylation sites (N-methyl/N-ethyl adjacent to an activating group) is 1. The molecular weight excluding hydrogens is 290 g/mol. The molecule has 1 aromatic carbocycles. The molecule has 5 nitrogen and oxygen atoms in total. The van der Waals surface area contributed by atoms with Gasteiger partial charge in [-0.25, -0.2) is 0 Å². The second-order valence-corrected chi connectivity index (χ2v) is 6.20. The molecular formula is C18H21N3O2. The van der Waals surface area contributed by atoms with E-state index >= 15 is 0 Å². The summed E-state index contributed by atoms with van der Waals surface area (Å²) in [6.07, 6.45) is 1.98. The van der Waals surface area contributed by atoms with Crippen molar-refractivity contribution in [3.05, 3.63) is 42.1 Å². The molecule has 2 aliphatic heterocycles. The highest BCUT2D eigenvalue weighted by Gasteiger charge is 2.15. The number of benzene rings is 1. The van der Waals surface area contributed by atoms with Crippen molar-refractivity contribution in [2.45, 2.75) is 6.54 Å². The van der Waals surface area contributed by atoms with Crippen LogP contribution < -0.4 is 9.47 Å². The van der Waals surface area contributed by atoms with Gasteiger partial charge >= 0.3 is 0 Å². The van der Waals surface area contributed by atoms with Crippen molar-refractivity contribution in [2.75, 3.05) is 40.0 Å². The van der Waals surface area contributed by atoms with Crippen molar-refractivity contribution in [3.8, 4) is 22.8 Å². The lowest BCUT2D eigenvalue weighted by Gasteiger charge is -2.32. The summed E-state index contributed by atoms with van der Waals surface area (Å²) in [7, 11) is 2.18. The van der Waals surface area contributed by atoms with E-state index < -0.39 is 0 Å². The predicted octanol–water partition coefficient (Wildman–Crippen LogP) is 2.22. The van der Waals surface area contributed by atoms with Crippen LogP contribution in [0.2, 0.25) is 0 Å². The summed E-state index contributed by atoms with van der Waals surface area (Å²) in [5.41, 5.74) is 3.28. The Kier molecular flexibility index (Phi) is 3.89. The first kappa shape index (κ1) is 14.5. The molecule has 0 saturated carbocycles. The first-order valence-corrected chi connectivity index (χ1v) is 8.04. The van der Waals surface area contributed by atoms with Crippen LogP contribution in [0.5, 0.6) is 11.5 Å². The maximum Gasteiger partial charge on any atom is 0.231 e. The summed E-state index contributed by atoms with van der Waals surface area (Å²) < 4.78 is 10.8. The van der Waals surface area contributed by atoms with E-state index in [0.29, 0.717) is 6.79 Å². The molecule has 4 rings (SSSR count). The van der Waals surface area contributed by atoms with E-state index in [-0.39, 0.29) is 0 Å². The minimum absolute atomic E-state index is 0.302. The smallest absolute Gasteiger partial charge is 0.231 e. The van der Waals surface area contributed by atoms with Gasteiger partial charge in [-0.1, -0.05) is 6.07 Å². The fourth-order valence-electron chi connectivity index (χ4n) is 3.01. The van der Waals surface area contributed by atoms with Crippen LogP contribution in [-0.2, 0) is 6.54 Å². The Bertz CT molecular complexity index is 679. The second kappa shape index (κ2) is 6.18. The van der Waals surface area contributed by atoms with Gasteiger partial charge in [0.25, 0.3) is 0 Å². The molecule has 3 heterocycles. The number of hydrogen-bond acceptors (Lipinski definition) is 5. The molecule has 0 radical (unpaired) electrons. The standard InChI is InChI=1S/C18H21N3O2/c1-20-6-8-21(9-7-20)12-14-2-4-16(19-11-14)15-3-5-17-18(10-15)23-13-22-17/h2-5,10-11H,6-9,12-13H2,1H3. The van der Waals surface area contributed by atoms with Gasteiger partial charge in [-0.2, -0.15) is 0 Å². The summed E-state index contributed by atoms with van der Waals surface area (Å²) in [5.74, 6) is 1.60. The molecule has 1 saturated heterocycles. The van der Waals surface area contributed by atoms with Gasteiger partial charge in [-0.15, -0.1) is 0 Å². The summed E-state index contributed by atoms with van der Waals surface area (Å²) in [6.45, 7) is 5.81. The lowest BCUT2D eigenvalue weighted by molar-refractivity contribution is 0.148. The number of nitrogens with zero attached hydrogens (tertiary/aromatic N) is 3. The number of rotatable bonds is 3. The molecule has 1 fully saturated rings. The van der Waals surface area contributed by atoms with Crippen molar-refractivity contribution in [1.29, 1.82) is 0 Å². The largest absolute Gasteiger partial charge is 0.454 e. The van der Waals surface area contributed by atoms with Gasteiger partial charge in [-0.05, 0) is 36.9 Å². The molecule has 5 heteroatoms. The molecule has 120 valence electrons. The van der Waals surface area contributed by atoms with Crippen LogP contribution in [0.4, 0.5) is 0 Å². The number of aromatic nitrogens is 1. The second-order valence-electron chi connectivity index (χ2n) is 6.20. The molecule has 1 aromatic heterocycles. The molecule has 0 unspecified atom stereocenters. The van der Waals surface area contributed by atoms with Crippen molar-refractivity contribution < 1.29 is 9.47 Å². The van der Waals surface area contributed by atoms with Crippen molar-refractivity contribution in [1.82, 2.24) is 14.8 Å². The van der Waals surface area contributed by atoms with Gasteiger partial charge < -0.3 is 14.4 Å². The zero-order valence-electron chi connectivity index (χ0n) is 13.4. The molecule has 0 atom stereocenters. The number of fused-ring (bicyclic) bond motifs is 1. The first-order chi connectivity index (χ1) is 11.3. The fourth-order valence-corrected chi connectivity index (χ4v) is 3.01. The van der Waals surface area contributed by atoms with Gasteiger partial charge in [0, 0.05) is 44.5 Å². The lowest BCUT2D eigenvalue weighted by Crippen LogP contribution is -2.43. The number of hydrogen-bond donors (Lipinski definition) is 0. The average molecular weight is 311 g/mol. The Labute approximate surface area is 136 Å². The fraction of sp³-hybridized carbons (Fsp3) is 0.389. The molecule has 23 heavy (non-hydrogen) atoms. The zero-order chi connectivity index (χ0) is 15.6. The minimum atomic E-state index is 0.302. The van der Waals surface area contributed by atoms with Gasteiger partial charge in [0.05, 0.1) is 5.69 Å². The van der Waals surface area contributed by atoms with Gasteiger partial charge in [0.1, 0.15) is 0 Å². The van der Waals surface area contributed by atoms with Gasteiger partial charge in [0.2, 0.25) is 6.79 Å². The van der Waals surface area contributed by atoms with E-state index in [1.807, 2.05) is 24.4 Å². The molecule has 0 N–H and O–H groups in total. The van der Waals surface area contributed by atoms with E-state index in [2.05, 4.69) is 34.0 Å². The van der Waals surface area contributed by atoms with Crippen LogP contribution in [0.1, 0.15) is 5.56 Å². The van der Waals surface area contributed by atoms with E-state index in [4.69, 9.17) is 9.47 Å². The predicted molar refractivity (Wildman–Crippen MR) is 88.6 cm³/mol. The Balaban J connectivity index is 1.45. The highest BCUT2D eigenvalue weighted by atomic mass is 16.7. The summed E-state index contributed by atoms with van der Waals surface area (Å²) in [6, 6.07) is 10.2. The number of ether oxygens (including phenoxy) is 2. The maximum absolute atomic E-state index is 5.43. The van der Waals surface area contributed by atoms with Crippen LogP contribution in [0.25, 0.3) is 11.3 Å². The summed E-state index contributed by atoms with van der Waals surface area (Å²) in [4.78, 5) is 9.48. The average Bonchev–Trinajstić information content (AvgIpc) is 3.05. The molecule has 0 bridgehead atoms. The summed E-state index contributed by atoms with van der Waals surface area (Å²) >= 11 is 0. The van der Waals surface area contributed by atoms with Crippen LogP contribution >= 0.6 is 0 Å². The van der Waals surface area contributed by atoms with Crippen LogP contribution in [0, 0.1) is 0 Å². The third kappa shape index (κ3) is 3.16. The van der Waals surface area contributed by atoms with Crippen molar-refractivity contribution >= 4 is 0 Å². The molecule has 2 aliphatic rings. The number of piperazine rings is 1. The van der Waals surface area contributed by atoms with Crippen LogP contribution in [0.15, 0.2) is 36.5 Å². The maximum atomic E-state index is 5.43. The van der Waals surface area contributed by atoms with Crippen molar-refractivity contribution in [2.24, 2.45) is 0 Å². The molecule has 0 spiro atoms. The van der Waals surface area contributed by atoms with Crippen molar-refractivity contribution in [3.63, 3.8) is 0 Å². The number of pyridine rings is 1. The zero-order valence-corrected chi connectivity index (χ0v) is 13.4. The summed E-state index contributed by atoms with van der Waals surface area (Å²) in [5, 5.41) is 0. The van der Waals surface area contributed by atoms with E-state index in [1.54, 1.807) is 0 Å². The molecule has 0 aliphatic carbocycles. The van der Waals surface area contributed by atoms with Crippen LogP contribution in [0.3, 0.4) is 0 Å². The van der Waals surface area contributed by atoms with Gasteiger partial charge in [-0.3, -0.25) is 9.88 Å². The van der Waals surface area contributed by atoms with E-state index in [1.165, 1.54) is 5.56 Å². The highest BCUT2D eigenvalue weighted by molar-refractivity contribution is 5.64. The Morgan fingerprint density at radius 2 is 1.83 bits per heavy atom. The first-order valence-electron chi connectivity index (χ1n) is 8.04. The Morgan fingerprint density at radius 3 is 2.61 bits per heavy atom. The lowest BCUT2D eigenvalue weighted by atomic mass is 10.1. The minimum Gasteiger partial charge on any atom is -0.454 e. The van der Waals surface area contributed by atoms with Gasteiger partial charge in [0.15, 0.2) is 11.5 Å². The molecule has 0 amide bonds. The highest BCUT2D eigenvalue weighted by Crippen LogP contribution is 2.35. The molecule has 2 aromatic rings. The normalized spacial score (nSPS) is 18.3. The van der Waals surface area contributed by atoms with Crippen LogP contribution in [-0.4, -0.2) is 54.8 Å². The monoisotopic (exact) mass is 311 g/mol. The Morgan fingerprint density at radius 1 is 1.00 bits per heavy atom. The third-order valence-electron chi connectivity index (χ3n) is 4.50. The SMILES string of the molecule is CN1CCN(Cc2ccc(-c3ccc4c(c3)OCO4)nc2)CC1. The third-order valence-corrected chi connectivity index (χ3v) is 4.50. The Hall–Kier alpha value is -2.11. The topological polar surface area (TPSA) is 37.8 Å².